The Bertz CT molecular complexity index is 919. The summed E-state index contributed by atoms with van der Waals surface area (Å²) in [5.74, 6) is 1.32. The van der Waals surface area contributed by atoms with E-state index in [0.717, 1.165) is 11.1 Å². The van der Waals surface area contributed by atoms with Crippen LogP contribution in [0, 0.1) is 0 Å². The van der Waals surface area contributed by atoms with Crippen LogP contribution in [-0.2, 0) is 16.0 Å². The number of piperazine rings is 1. The second-order valence-electron chi connectivity index (χ2n) is 6.95. The smallest absolute Gasteiger partial charge is 0.246 e. The number of halogens is 1. The van der Waals surface area contributed by atoms with Crippen molar-refractivity contribution in [3.8, 4) is 11.5 Å². The molecule has 2 amide bonds. The molecule has 0 atom stereocenters. The number of hydrogen-bond acceptors (Lipinski definition) is 4. The summed E-state index contributed by atoms with van der Waals surface area (Å²) in [6, 6.07) is 12.7. The fourth-order valence-electron chi connectivity index (χ4n) is 3.30. The van der Waals surface area contributed by atoms with Crippen molar-refractivity contribution >= 4 is 29.5 Å². The molecule has 0 aliphatic carbocycles. The van der Waals surface area contributed by atoms with Crippen molar-refractivity contribution in [3.05, 3.63) is 64.7 Å². The largest absolute Gasteiger partial charge is 0.497 e. The van der Waals surface area contributed by atoms with Gasteiger partial charge in [0.2, 0.25) is 11.8 Å². The van der Waals surface area contributed by atoms with E-state index in [1.54, 1.807) is 54.4 Å². The number of nitrogens with zero attached hydrogens (tertiary/aromatic N) is 2. The number of benzene rings is 2. The highest BCUT2D eigenvalue weighted by Gasteiger charge is 2.23. The Kier molecular flexibility index (Phi) is 7.36. The van der Waals surface area contributed by atoms with E-state index in [2.05, 4.69) is 0 Å². The van der Waals surface area contributed by atoms with Gasteiger partial charge in [-0.3, -0.25) is 9.59 Å². The minimum Gasteiger partial charge on any atom is -0.497 e. The van der Waals surface area contributed by atoms with E-state index in [1.165, 1.54) is 6.08 Å². The number of carbonyl (C=O) groups is 2. The Balaban J connectivity index is 1.54. The van der Waals surface area contributed by atoms with Crippen LogP contribution in [0.3, 0.4) is 0 Å². The highest BCUT2D eigenvalue weighted by molar-refractivity contribution is 6.30. The SMILES string of the molecule is COc1ccc(OC)c(/C=C/C(=O)N2CCN(C(=O)Cc3ccc(Cl)cc3)CC2)c1. The van der Waals surface area contributed by atoms with Crippen molar-refractivity contribution in [2.24, 2.45) is 0 Å². The lowest BCUT2D eigenvalue weighted by atomic mass is 10.1. The zero-order valence-electron chi connectivity index (χ0n) is 17.1. The van der Waals surface area contributed by atoms with Gasteiger partial charge < -0.3 is 19.3 Å². The van der Waals surface area contributed by atoms with E-state index < -0.39 is 0 Å². The molecule has 0 unspecified atom stereocenters. The zero-order valence-corrected chi connectivity index (χ0v) is 17.9. The quantitative estimate of drug-likeness (QED) is 0.662. The summed E-state index contributed by atoms with van der Waals surface area (Å²) in [6.45, 7) is 2.05. The Labute approximate surface area is 181 Å². The maximum atomic E-state index is 12.6. The molecule has 1 saturated heterocycles. The average molecular weight is 429 g/mol. The molecule has 0 saturated carbocycles. The van der Waals surface area contributed by atoms with Gasteiger partial charge in [0.1, 0.15) is 11.5 Å². The second-order valence-corrected chi connectivity index (χ2v) is 7.39. The van der Waals surface area contributed by atoms with Crippen LogP contribution >= 0.6 is 11.6 Å². The molecule has 7 heteroatoms. The first-order chi connectivity index (χ1) is 14.5. The van der Waals surface area contributed by atoms with Crippen molar-refractivity contribution in [1.82, 2.24) is 9.80 Å². The van der Waals surface area contributed by atoms with Crippen molar-refractivity contribution in [2.45, 2.75) is 6.42 Å². The summed E-state index contributed by atoms with van der Waals surface area (Å²) in [6.07, 6.45) is 3.59. The standard InChI is InChI=1S/C23H25ClN2O4/c1-29-20-8-9-21(30-2)18(16-20)5-10-22(27)25-11-13-26(14-12-25)23(28)15-17-3-6-19(24)7-4-17/h3-10,16H,11-15H2,1-2H3/b10-5+. The first kappa shape index (κ1) is 21.7. The Morgan fingerprint density at radius 3 is 2.27 bits per heavy atom. The van der Waals surface area contributed by atoms with E-state index in [-0.39, 0.29) is 11.8 Å². The summed E-state index contributed by atoms with van der Waals surface area (Å²) >= 11 is 5.89. The van der Waals surface area contributed by atoms with Gasteiger partial charge in [-0.15, -0.1) is 0 Å². The molecule has 2 aromatic carbocycles. The van der Waals surface area contributed by atoms with Crippen LogP contribution in [0.15, 0.2) is 48.5 Å². The molecule has 3 rings (SSSR count). The van der Waals surface area contributed by atoms with Gasteiger partial charge in [-0.05, 0) is 42.0 Å². The number of ether oxygens (including phenoxy) is 2. The maximum Gasteiger partial charge on any atom is 0.246 e. The molecule has 158 valence electrons. The Hall–Kier alpha value is -2.99. The topological polar surface area (TPSA) is 59.1 Å². The molecule has 1 heterocycles. The van der Waals surface area contributed by atoms with E-state index in [0.29, 0.717) is 49.1 Å². The third kappa shape index (κ3) is 5.54. The fourth-order valence-corrected chi connectivity index (χ4v) is 3.43. The Morgan fingerprint density at radius 1 is 0.967 bits per heavy atom. The van der Waals surface area contributed by atoms with Crippen LogP contribution in [0.1, 0.15) is 11.1 Å². The molecule has 0 radical (unpaired) electrons. The molecule has 30 heavy (non-hydrogen) atoms. The number of carbonyl (C=O) groups excluding carboxylic acids is 2. The normalized spacial score (nSPS) is 14.1. The average Bonchev–Trinajstić information content (AvgIpc) is 2.78. The third-order valence-electron chi connectivity index (χ3n) is 5.05. The summed E-state index contributed by atoms with van der Waals surface area (Å²) < 4.78 is 10.6. The van der Waals surface area contributed by atoms with Gasteiger partial charge in [-0.25, -0.2) is 0 Å². The van der Waals surface area contributed by atoms with Crippen molar-refractivity contribution in [1.29, 1.82) is 0 Å². The van der Waals surface area contributed by atoms with Gasteiger partial charge in [0.15, 0.2) is 0 Å². The fraction of sp³-hybridized carbons (Fsp3) is 0.304. The summed E-state index contributed by atoms with van der Waals surface area (Å²) in [5, 5.41) is 0.651. The predicted octanol–water partition coefficient (Wildman–Crippen LogP) is 3.28. The predicted molar refractivity (Wildman–Crippen MR) is 117 cm³/mol. The first-order valence-electron chi connectivity index (χ1n) is 9.71. The molecule has 1 aliphatic heterocycles. The van der Waals surface area contributed by atoms with Crippen LogP contribution in [0.2, 0.25) is 5.02 Å². The van der Waals surface area contributed by atoms with Crippen molar-refractivity contribution < 1.29 is 19.1 Å². The number of amides is 2. The molecule has 0 spiro atoms. The molecule has 1 fully saturated rings. The number of hydrogen-bond donors (Lipinski definition) is 0. The second kappa shape index (κ2) is 10.2. The van der Waals surface area contributed by atoms with Crippen LogP contribution in [0.5, 0.6) is 11.5 Å². The summed E-state index contributed by atoms with van der Waals surface area (Å²) in [7, 11) is 3.18. The van der Waals surface area contributed by atoms with Crippen LogP contribution in [0.4, 0.5) is 0 Å². The van der Waals surface area contributed by atoms with Crippen LogP contribution in [-0.4, -0.2) is 62.0 Å². The van der Waals surface area contributed by atoms with E-state index in [4.69, 9.17) is 21.1 Å². The third-order valence-corrected chi connectivity index (χ3v) is 5.31. The van der Waals surface area contributed by atoms with Crippen LogP contribution < -0.4 is 9.47 Å². The van der Waals surface area contributed by atoms with Gasteiger partial charge in [0, 0.05) is 42.8 Å². The first-order valence-corrected chi connectivity index (χ1v) is 10.1. The van der Waals surface area contributed by atoms with Crippen LogP contribution in [0.25, 0.3) is 6.08 Å². The molecule has 0 aromatic heterocycles. The summed E-state index contributed by atoms with van der Waals surface area (Å²) in [5.41, 5.74) is 1.69. The van der Waals surface area contributed by atoms with Gasteiger partial charge in [0.05, 0.1) is 20.6 Å². The van der Waals surface area contributed by atoms with Crippen molar-refractivity contribution in [2.75, 3.05) is 40.4 Å². The number of methoxy groups -OCH3 is 2. The highest BCUT2D eigenvalue weighted by atomic mass is 35.5. The Morgan fingerprint density at radius 2 is 1.63 bits per heavy atom. The minimum atomic E-state index is -0.0929. The minimum absolute atomic E-state index is 0.0566. The maximum absolute atomic E-state index is 12.6. The molecule has 6 nitrogen and oxygen atoms in total. The molecule has 2 aromatic rings. The van der Waals surface area contributed by atoms with Gasteiger partial charge >= 0.3 is 0 Å². The highest BCUT2D eigenvalue weighted by Crippen LogP contribution is 2.25. The van der Waals surface area contributed by atoms with E-state index in [1.807, 2.05) is 18.2 Å². The van der Waals surface area contributed by atoms with E-state index in [9.17, 15) is 9.59 Å². The summed E-state index contributed by atoms with van der Waals surface area (Å²) in [4.78, 5) is 28.6. The molecule has 0 bridgehead atoms. The molecular weight excluding hydrogens is 404 g/mol. The molecule has 0 N–H and O–H groups in total. The van der Waals surface area contributed by atoms with Gasteiger partial charge in [0.25, 0.3) is 0 Å². The molecule has 1 aliphatic rings. The van der Waals surface area contributed by atoms with E-state index >= 15 is 0 Å². The molecular formula is C23H25ClN2O4. The monoisotopic (exact) mass is 428 g/mol. The van der Waals surface area contributed by atoms with Gasteiger partial charge in [-0.1, -0.05) is 23.7 Å². The zero-order chi connectivity index (χ0) is 21.5. The lowest BCUT2D eigenvalue weighted by Gasteiger charge is -2.34. The lowest BCUT2D eigenvalue weighted by Crippen LogP contribution is -2.50. The lowest BCUT2D eigenvalue weighted by molar-refractivity contribution is -0.136. The number of rotatable bonds is 6. The van der Waals surface area contributed by atoms with Crippen molar-refractivity contribution in [3.63, 3.8) is 0 Å². The van der Waals surface area contributed by atoms with Gasteiger partial charge in [-0.2, -0.15) is 0 Å².